The van der Waals surface area contributed by atoms with Gasteiger partial charge in [-0.1, -0.05) is 109 Å². The van der Waals surface area contributed by atoms with Gasteiger partial charge in [-0.3, -0.25) is 4.90 Å². The number of fused-ring (bicyclic) bond motifs is 2. The standard InChI is InChI=1S/C33H30F3N/c34-33(35,36)30-19-18-27(24-12-5-2-6-13-24)28-20-21-37(22-23-10-3-1-4-11-23)32(31(28)30)29-17-9-15-25-14-7-8-16-26(25)29/h1-18,28,30-32H,19-22H2/t28-,30+,31-,32+/m0/s1. The molecule has 6 rings (SSSR count). The van der Waals surface area contributed by atoms with Crippen LogP contribution in [0.1, 0.15) is 35.6 Å². The lowest BCUT2D eigenvalue weighted by molar-refractivity contribution is -0.204. The molecule has 2 aliphatic rings. The number of nitrogens with zero attached hydrogens (tertiary/aromatic N) is 1. The number of piperidine rings is 1. The van der Waals surface area contributed by atoms with Gasteiger partial charge < -0.3 is 0 Å². The minimum Gasteiger partial charge on any atom is -0.292 e. The molecule has 1 fully saturated rings. The SMILES string of the molecule is FC(F)(F)[C@@H]1CC=C(c2ccccc2)[C@@H]2CCN(Cc3ccccc3)[C@H](c3cccc4ccccc34)[C@H]12. The van der Waals surface area contributed by atoms with Crippen LogP contribution in [-0.4, -0.2) is 17.6 Å². The van der Waals surface area contributed by atoms with Gasteiger partial charge in [0, 0.05) is 12.6 Å². The molecule has 0 amide bonds. The summed E-state index contributed by atoms with van der Waals surface area (Å²) in [5, 5.41) is 2.12. The number of hydrogen-bond donors (Lipinski definition) is 0. The predicted molar refractivity (Wildman–Crippen MR) is 144 cm³/mol. The van der Waals surface area contributed by atoms with Crippen LogP contribution < -0.4 is 0 Å². The molecule has 1 saturated heterocycles. The maximum absolute atomic E-state index is 14.8. The highest BCUT2D eigenvalue weighted by molar-refractivity contribution is 5.86. The van der Waals surface area contributed by atoms with E-state index in [1.165, 1.54) is 0 Å². The molecular weight excluding hydrogens is 467 g/mol. The monoisotopic (exact) mass is 497 g/mol. The van der Waals surface area contributed by atoms with Crippen molar-refractivity contribution in [1.29, 1.82) is 0 Å². The van der Waals surface area contributed by atoms with Crippen molar-refractivity contribution in [3.05, 3.63) is 126 Å². The normalized spacial score (nSPS) is 24.5. The second-order valence-electron chi connectivity index (χ2n) is 10.4. The van der Waals surface area contributed by atoms with Gasteiger partial charge in [0.2, 0.25) is 0 Å². The summed E-state index contributed by atoms with van der Waals surface area (Å²) in [6.07, 6.45) is -1.65. The topological polar surface area (TPSA) is 3.24 Å². The quantitative estimate of drug-likeness (QED) is 0.273. The number of allylic oxidation sites excluding steroid dienone is 2. The van der Waals surface area contributed by atoms with Crippen LogP contribution in [0.25, 0.3) is 16.3 Å². The van der Waals surface area contributed by atoms with E-state index in [0.717, 1.165) is 39.6 Å². The first-order valence-electron chi connectivity index (χ1n) is 13.1. The molecule has 0 N–H and O–H groups in total. The third kappa shape index (κ3) is 4.59. The van der Waals surface area contributed by atoms with E-state index in [-0.39, 0.29) is 18.4 Å². The Hall–Kier alpha value is -3.37. The highest BCUT2D eigenvalue weighted by Crippen LogP contribution is 2.56. The van der Waals surface area contributed by atoms with Crippen LogP contribution in [0.4, 0.5) is 13.2 Å². The fraction of sp³-hybridized carbons (Fsp3) is 0.273. The lowest BCUT2D eigenvalue weighted by Gasteiger charge is -2.52. The van der Waals surface area contributed by atoms with Gasteiger partial charge in [0.15, 0.2) is 0 Å². The minimum atomic E-state index is -4.26. The lowest BCUT2D eigenvalue weighted by Crippen LogP contribution is -2.50. The number of alkyl halides is 3. The lowest BCUT2D eigenvalue weighted by atomic mass is 9.62. The second-order valence-corrected chi connectivity index (χ2v) is 10.4. The first-order chi connectivity index (χ1) is 18.0. The molecule has 1 nitrogen and oxygen atoms in total. The molecule has 0 aromatic heterocycles. The molecule has 4 aromatic rings. The second kappa shape index (κ2) is 9.83. The molecule has 1 aliphatic carbocycles. The summed E-state index contributed by atoms with van der Waals surface area (Å²) in [5.74, 6) is -2.10. The first kappa shape index (κ1) is 24.0. The molecule has 0 saturated carbocycles. The van der Waals surface area contributed by atoms with Gasteiger partial charge in [-0.2, -0.15) is 13.2 Å². The number of likely N-dealkylation sites (tertiary alicyclic amines) is 1. The van der Waals surface area contributed by atoms with Crippen LogP contribution in [0.3, 0.4) is 0 Å². The Morgan fingerprint density at radius 2 is 1.43 bits per heavy atom. The van der Waals surface area contributed by atoms with Gasteiger partial charge in [-0.25, -0.2) is 0 Å². The summed E-state index contributed by atoms with van der Waals surface area (Å²) in [7, 11) is 0. The average Bonchev–Trinajstić information content (AvgIpc) is 2.92. The van der Waals surface area contributed by atoms with Crippen molar-refractivity contribution in [2.45, 2.75) is 31.6 Å². The summed E-state index contributed by atoms with van der Waals surface area (Å²) >= 11 is 0. The molecule has 37 heavy (non-hydrogen) atoms. The Balaban J connectivity index is 1.52. The van der Waals surface area contributed by atoms with Crippen LogP contribution in [0.15, 0.2) is 109 Å². The van der Waals surface area contributed by atoms with Crippen LogP contribution >= 0.6 is 0 Å². The van der Waals surface area contributed by atoms with E-state index in [4.69, 9.17) is 0 Å². The third-order valence-electron chi connectivity index (χ3n) is 8.30. The molecule has 4 aromatic carbocycles. The molecular formula is C33H30F3N. The molecule has 4 heteroatoms. The largest absolute Gasteiger partial charge is 0.392 e. The highest BCUT2D eigenvalue weighted by Gasteiger charge is 2.54. The highest BCUT2D eigenvalue weighted by atomic mass is 19.4. The van der Waals surface area contributed by atoms with Crippen molar-refractivity contribution < 1.29 is 13.2 Å². The molecule has 1 aliphatic heterocycles. The molecule has 1 heterocycles. The molecule has 0 spiro atoms. The van der Waals surface area contributed by atoms with Gasteiger partial charge in [0.25, 0.3) is 0 Å². The van der Waals surface area contributed by atoms with Gasteiger partial charge in [0.05, 0.1) is 5.92 Å². The minimum absolute atomic E-state index is 0.0232. The Morgan fingerprint density at radius 3 is 2.19 bits per heavy atom. The van der Waals surface area contributed by atoms with Crippen molar-refractivity contribution in [3.63, 3.8) is 0 Å². The maximum atomic E-state index is 14.8. The summed E-state index contributed by atoms with van der Waals surface area (Å²) < 4.78 is 44.3. The zero-order chi connectivity index (χ0) is 25.4. The molecule has 188 valence electrons. The summed E-state index contributed by atoms with van der Waals surface area (Å²) in [6, 6.07) is 34.0. The summed E-state index contributed by atoms with van der Waals surface area (Å²) in [5.41, 5.74) is 4.26. The Kier molecular flexibility index (Phi) is 6.37. The molecule has 4 atom stereocenters. The Morgan fingerprint density at radius 1 is 0.757 bits per heavy atom. The average molecular weight is 498 g/mol. The smallest absolute Gasteiger partial charge is 0.292 e. The predicted octanol–water partition coefficient (Wildman–Crippen LogP) is 8.69. The van der Waals surface area contributed by atoms with Gasteiger partial charge in [-0.15, -0.1) is 0 Å². The fourth-order valence-corrected chi connectivity index (χ4v) is 6.75. The number of benzene rings is 4. The Labute approximate surface area is 216 Å². The van der Waals surface area contributed by atoms with Crippen molar-refractivity contribution >= 4 is 16.3 Å². The number of rotatable bonds is 4. The Bertz CT molecular complexity index is 1390. The molecule has 0 radical (unpaired) electrons. The summed E-state index contributed by atoms with van der Waals surface area (Å²) in [4.78, 5) is 2.31. The fourth-order valence-electron chi connectivity index (χ4n) is 6.75. The van der Waals surface area contributed by atoms with E-state index >= 15 is 0 Å². The van der Waals surface area contributed by atoms with Crippen LogP contribution in [0.5, 0.6) is 0 Å². The molecule has 0 bridgehead atoms. The molecule has 0 unspecified atom stereocenters. The number of halogens is 3. The first-order valence-corrected chi connectivity index (χ1v) is 13.1. The maximum Gasteiger partial charge on any atom is 0.392 e. The van der Waals surface area contributed by atoms with Crippen LogP contribution in [0, 0.1) is 17.8 Å². The summed E-state index contributed by atoms with van der Waals surface area (Å²) in [6.45, 7) is 1.38. The van der Waals surface area contributed by atoms with E-state index < -0.39 is 18.0 Å². The van der Waals surface area contributed by atoms with Gasteiger partial charge >= 0.3 is 6.18 Å². The third-order valence-corrected chi connectivity index (χ3v) is 8.30. The van der Waals surface area contributed by atoms with E-state index in [0.29, 0.717) is 13.0 Å². The van der Waals surface area contributed by atoms with Crippen molar-refractivity contribution in [3.8, 4) is 0 Å². The van der Waals surface area contributed by atoms with E-state index in [1.807, 2.05) is 72.8 Å². The zero-order valence-corrected chi connectivity index (χ0v) is 20.6. The van der Waals surface area contributed by atoms with Crippen molar-refractivity contribution in [1.82, 2.24) is 4.90 Å². The van der Waals surface area contributed by atoms with E-state index in [1.54, 1.807) is 0 Å². The van der Waals surface area contributed by atoms with Crippen molar-refractivity contribution in [2.24, 2.45) is 17.8 Å². The van der Waals surface area contributed by atoms with E-state index in [9.17, 15) is 13.2 Å². The van der Waals surface area contributed by atoms with Crippen LogP contribution in [-0.2, 0) is 6.54 Å². The number of hydrogen-bond acceptors (Lipinski definition) is 1. The van der Waals surface area contributed by atoms with E-state index in [2.05, 4.69) is 41.3 Å². The van der Waals surface area contributed by atoms with Crippen molar-refractivity contribution in [2.75, 3.05) is 6.54 Å². The zero-order valence-electron chi connectivity index (χ0n) is 20.6. The van der Waals surface area contributed by atoms with Gasteiger partial charge in [-0.05, 0) is 64.3 Å². The van der Waals surface area contributed by atoms with Crippen LogP contribution in [0.2, 0.25) is 0 Å². The van der Waals surface area contributed by atoms with Gasteiger partial charge in [0.1, 0.15) is 0 Å².